The van der Waals surface area contributed by atoms with Gasteiger partial charge in [0.1, 0.15) is 5.82 Å². The van der Waals surface area contributed by atoms with Gasteiger partial charge in [-0.25, -0.2) is 21.2 Å². The number of hydrogen-bond donors (Lipinski definition) is 1. The van der Waals surface area contributed by atoms with Gasteiger partial charge < -0.3 is 0 Å². The van der Waals surface area contributed by atoms with Gasteiger partial charge >= 0.3 is 0 Å². The molecule has 0 aliphatic heterocycles. The highest BCUT2D eigenvalue weighted by atomic mass is 32.2. The van der Waals surface area contributed by atoms with Crippen LogP contribution in [-0.4, -0.2) is 30.1 Å². The van der Waals surface area contributed by atoms with Crippen molar-refractivity contribution in [2.24, 2.45) is 0 Å². The Balaban J connectivity index is 2.56. The van der Waals surface area contributed by atoms with Crippen LogP contribution in [0.2, 0.25) is 0 Å². The largest absolute Gasteiger partial charge is 0.277 e. The standard InChI is InChI=1S/C16H19FN2O4S2/c1-11-5-6-12(2)16(9-11)25(22,23)18-14-10-13(17)7-8-15(14)19(3)24(4,20)21/h5-10,18H,1-4H3. The van der Waals surface area contributed by atoms with Gasteiger partial charge in [-0.1, -0.05) is 12.1 Å². The lowest BCUT2D eigenvalue weighted by atomic mass is 10.2. The lowest BCUT2D eigenvalue weighted by molar-refractivity contribution is 0.597. The molecular formula is C16H19FN2O4S2. The summed E-state index contributed by atoms with van der Waals surface area (Å²) in [5.41, 5.74) is 1.14. The predicted molar refractivity (Wildman–Crippen MR) is 96.4 cm³/mol. The van der Waals surface area contributed by atoms with Crippen molar-refractivity contribution in [3.63, 3.8) is 0 Å². The van der Waals surface area contributed by atoms with Gasteiger partial charge in [-0.2, -0.15) is 0 Å². The minimum absolute atomic E-state index is 0.0257. The molecule has 0 amide bonds. The second-order valence-electron chi connectivity index (χ2n) is 5.77. The molecule has 0 aromatic heterocycles. The summed E-state index contributed by atoms with van der Waals surface area (Å²) in [7, 11) is -6.41. The van der Waals surface area contributed by atoms with E-state index in [1.807, 2.05) is 0 Å². The topological polar surface area (TPSA) is 83.6 Å². The molecule has 25 heavy (non-hydrogen) atoms. The molecular weight excluding hydrogens is 367 g/mol. The van der Waals surface area contributed by atoms with Gasteiger partial charge in [0.05, 0.1) is 22.5 Å². The van der Waals surface area contributed by atoms with Gasteiger partial charge in [-0.3, -0.25) is 9.03 Å². The van der Waals surface area contributed by atoms with Crippen LogP contribution in [-0.2, 0) is 20.0 Å². The maximum absolute atomic E-state index is 13.6. The number of benzene rings is 2. The van der Waals surface area contributed by atoms with Crippen LogP contribution >= 0.6 is 0 Å². The Morgan fingerprint density at radius 2 is 1.64 bits per heavy atom. The van der Waals surface area contributed by atoms with Crippen LogP contribution in [0.4, 0.5) is 15.8 Å². The van der Waals surface area contributed by atoms with Crippen molar-refractivity contribution in [3.8, 4) is 0 Å². The number of anilines is 2. The third kappa shape index (κ3) is 4.29. The Kier molecular flexibility index (Phi) is 5.10. The zero-order valence-electron chi connectivity index (χ0n) is 14.2. The summed E-state index contributed by atoms with van der Waals surface area (Å²) in [5.74, 6) is -0.690. The summed E-state index contributed by atoms with van der Waals surface area (Å²) in [4.78, 5) is 0.0460. The van der Waals surface area contributed by atoms with Crippen LogP contribution in [0.15, 0.2) is 41.3 Å². The molecule has 2 aromatic rings. The molecule has 0 spiro atoms. The van der Waals surface area contributed by atoms with Gasteiger partial charge in [0, 0.05) is 13.1 Å². The van der Waals surface area contributed by atoms with Gasteiger partial charge in [-0.05, 0) is 43.2 Å². The van der Waals surface area contributed by atoms with Crippen molar-refractivity contribution >= 4 is 31.4 Å². The number of aryl methyl sites for hydroxylation is 2. The molecule has 0 saturated heterocycles. The second kappa shape index (κ2) is 6.64. The summed E-state index contributed by atoms with van der Waals surface area (Å²) in [5, 5.41) is 0. The van der Waals surface area contributed by atoms with E-state index in [1.165, 1.54) is 19.2 Å². The van der Waals surface area contributed by atoms with Crippen LogP contribution in [0.3, 0.4) is 0 Å². The van der Waals surface area contributed by atoms with Crippen LogP contribution in [0.25, 0.3) is 0 Å². The molecule has 2 aromatic carbocycles. The molecule has 0 bridgehead atoms. The average molecular weight is 386 g/mol. The third-order valence-electron chi connectivity index (χ3n) is 3.67. The first kappa shape index (κ1) is 19.2. The van der Waals surface area contributed by atoms with Crippen molar-refractivity contribution < 1.29 is 21.2 Å². The van der Waals surface area contributed by atoms with Crippen molar-refractivity contribution in [2.75, 3.05) is 22.3 Å². The number of hydrogen-bond acceptors (Lipinski definition) is 4. The van der Waals surface area contributed by atoms with E-state index in [4.69, 9.17) is 0 Å². The third-order valence-corrected chi connectivity index (χ3v) is 6.37. The van der Waals surface area contributed by atoms with E-state index < -0.39 is 25.9 Å². The van der Waals surface area contributed by atoms with Crippen LogP contribution in [0, 0.1) is 19.7 Å². The fourth-order valence-corrected chi connectivity index (χ4v) is 4.15. The summed E-state index contributed by atoms with van der Waals surface area (Å²) >= 11 is 0. The Morgan fingerprint density at radius 3 is 2.24 bits per heavy atom. The van der Waals surface area contributed by atoms with E-state index in [0.29, 0.717) is 5.56 Å². The molecule has 6 nitrogen and oxygen atoms in total. The monoisotopic (exact) mass is 386 g/mol. The van der Waals surface area contributed by atoms with Crippen LogP contribution in [0.5, 0.6) is 0 Å². The average Bonchev–Trinajstić information content (AvgIpc) is 2.48. The van der Waals surface area contributed by atoms with Crippen molar-refractivity contribution in [3.05, 3.63) is 53.3 Å². The Labute approximate surface area is 147 Å². The zero-order chi connectivity index (χ0) is 19.0. The molecule has 0 aliphatic rings. The molecule has 0 fully saturated rings. The molecule has 0 radical (unpaired) electrons. The maximum Gasteiger partial charge on any atom is 0.262 e. The van der Waals surface area contributed by atoms with E-state index in [9.17, 15) is 21.2 Å². The molecule has 0 unspecified atom stereocenters. The van der Waals surface area contributed by atoms with E-state index >= 15 is 0 Å². The quantitative estimate of drug-likeness (QED) is 0.856. The summed E-state index contributed by atoms with van der Waals surface area (Å²) in [6, 6.07) is 8.15. The normalized spacial score (nSPS) is 12.0. The molecule has 0 heterocycles. The van der Waals surface area contributed by atoms with Gasteiger partial charge in [0.15, 0.2) is 0 Å². The highest BCUT2D eigenvalue weighted by Crippen LogP contribution is 2.30. The van der Waals surface area contributed by atoms with Crippen molar-refractivity contribution in [2.45, 2.75) is 18.7 Å². The molecule has 0 saturated carbocycles. The highest BCUT2D eigenvalue weighted by Gasteiger charge is 2.22. The molecule has 0 atom stereocenters. The lowest BCUT2D eigenvalue weighted by Crippen LogP contribution is -2.26. The van der Waals surface area contributed by atoms with E-state index in [0.717, 1.165) is 28.3 Å². The number of sulfonamides is 2. The number of nitrogens with zero attached hydrogens (tertiary/aromatic N) is 1. The summed E-state index contributed by atoms with van der Waals surface area (Å²) < 4.78 is 65.7. The fourth-order valence-electron chi connectivity index (χ4n) is 2.24. The van der Waals surface area contributed by atoms with Crippen LogP contribution in [0.1, 0.15) is 11.1 Å². The Morgan fingerprint density at radius 1 is 1.00 bits per heavy atom. The smallest absolute Gasteiger partial charge is 0.262 e. The van der Waals surface area contributed by atoms with Gasteiger partial charge in [0.2, 0.25) is 10.0 Å². The molecule has 2 rings (SSSR count). The molecule has 136 valence electrons. The van der Waals surface area contributed by atoms with Crippen molar-refractivity contribution in [1.82, 2.24) is 0 Å². The van der Waals surface area contributed by atoms with Crippen LogP contribution < -0.4 is 9.03 Å². The number of halogens is 1. The van der Waals surface area contributed by atoms with Gasteiger partial charge in [-0.15, -0.1) is 0 Å². The number of nitrogens with one attached hydrogen (secondary N) is 1. The summed E-state index contributed by atoms with van der Waals surface area (Å²) in [6.45, 7) is 3.40. The summed E-state index contributed by atoms with van der Waals surface area (Å²) in [6.07, 6.45) is 0.972. The Bertz CT molecular complexity index is 1020. The minimum Gasteiger partial charge on any atom is -0.277 e. The molecule has 9 heteroatoms. The van der Waals surface area contributed by atoms with E-state index in [1.54, 1.807) is 26.0 Å². The Hall–Kier alpha value is -2.13. The highest BCUT2D eigenvalue weighted by molar-refractivity contribution is 7.93. The molecule has 1 N–H and O–H groups in total. The zero-order valence-corrected chi connectivity index (χ0v) is 15.9. The lowest BCUT2D eigenvalue weighted by Gasteiger charge is -2.21. The second-order valence-corrected chi connectivity index (χ2v) is 9.43. The fraction of sp³-hybridized carbons (Fsp3) is 0.250. The van der Waals surface area contributed by atoms with Gasteiger partial charge in [0.25, 0.3) is 10.0 Å². The first-order valence-corrected chi connectivity index (χ1v) is 10.6. The van der Waals surface area contributed by atoms with E-state index in [2.05, 4.69) is 4.72 Å². The SMILES string of the molecule is Cc1ccc(C)c(S(=O)(=O)Nc2cc(F)ccc2N(C)S(C)(=O)=O)c1. The first-order valence-electron chi connectivity index (χ1n) is 7.25. The molecule has 0 aliphatic carbocycles. The maximum atomic E-state index is 13.6. The van der Waals surface area contributed by atoms with E-state index in [-0.39, 0.29) is 16.3 Å². The first-order chi connectivity index (χ1) is 11.4. The minimum atomic E-state index is -4.02. The predicted octanol–water partition coefficient (Wildman–Crippen LogP) is 2.64. The number of rotatable bonds is 5. The van der Waals surface area contributed by atoms with Crippen molar-refractivity contribution in [1.29, 1.82) is 0 Å².